The second-order valence-corrected chi connectivity index (χ2v) is 8.17. The summed E-state index contributed by atoms with van der Waals surface area (Å²) in [4.78, 5) is 26.6. The lowest BCUT2D eigenvalue weighted by Crippen LogP contribution is -2.32. The van der Waals surface area contributed by atoms with Crippen LogP contribution in [0.5, 0.6) is 5.75 Å². The van der Waals surface area contributed by atoms with Gasteiger partial charge in [-0.1, -0.05) is 12.1 Å². The molecule has 4 rings (SSSR count). The molecule has 2 aromatic carbocycles. The average molecular weight is 407 g/mol. The maximum atomic E-state index is 12.7. The highest BCUT2D eigenvalue weighted by Crippen LogP contribution is 2.37. The predicted octanol–water partition coefficient (Wildman–Crippen LogP) is 3.72. The van der Waals surface area contributed by atoms with E-state index in [1.54, 1.807) is 7.11 Å². The lowest BCUT2D eigenvalue weighted by molar-refractivity contribution is -0.118. The molecule has 0 spiro atoms. The summed E-state index contributed by atoms with van der Waals surface area (Å²) in [5.41, 5.74) is 5.52. The summed E-state index contributed by atoms with van der Waals surface area (Å²) in [6.45, 7) is 2.61. The van der Waals surface area contributed by atoms with Crippen LogP contribution in [-0.4, -0.2) is 38.4 Å². The second-order valence-electron chi connectivity index (χ2n) is 8.17. The first-order valence-corrected chi connectivity index (χ1v) is 11.0. The highest BCUT2D eigenvalue weighted by Gasteiger charge is 2.31. The number of ketones is 1. The van der Waals surface area contributed by atoms with Crippen molar-refractivity contribution in [2.45, 2.75) is 44.9 Å². The molecule has 2 aromatic rings. The van der Waals surface area contributed by atoms with Gasteiger partial charge < -0.3 is 15.0 Å². The predicted molar refractivity (Wildman–Crippen MR) is 119 cm³/mol. The summed E-state index contributed by atoms with van der Waals surface area (Å²) in [5, 5.41) is 3.46. The number of benzene rings is 2. The first-order chi connectivity index (χ1) is 14.7. The van der Waals surface area contributed by atoms with E-state index in [1.165, 1.54) is 16.7 Å². The fourth-order valence-electron chi connectivity index (χ4n) is 4.48. The van der Waals surface area contributed by atoms with E-state index in [-0.39, 0.29) is 11.7 Å². The minimum absolute atomic E-state index is 0.222. The van der Waals surface area contributed by atoms with Crippen molar-refractivity contribution in [3.05, 3.63) is 58.7 Å². The Bertz CT molecular complexity index is 938. The van der Waals surface area contributed by atoms with E-state index < -0.39 is 0 Å². The van der Waals surface area contributed by atoms with Gasteiger partial charge in [-0.05, 0) is 86.1 Å². The molecule has 2 aliphatic heterocycles. The molecule has 0 fully saturated rings. The van der Waals surface area contributed by atoms with Crippen molar-refractivity contribution in [3.8, 4) is 5.75 Å². The third-order valence-corrected chi connectivity index (χ3v) is 6.11. The molecule has 0 bridgehead atoms. The number of anilines is 1. The summed E-state index contributed by atoms with van der Waals surface area (Å²) in [5.74, 6) is 1.34. The number of Topliss-reactive ketones (excluding diaryl/α,β-unsaturated/α-hetero) is 1. The smallest absolute Gasteiger partial charge is 0.227 e. The zero-order chi connectivity index (χ0) is 20.9. The molecular weight excluding hydrogens is 376 g/mol. The molecule has 5 nitrogen and oxygen atoms in total. The van der Waals surface area contributed by atoms with Crippen LogP contribution in [0.1, 0.15) is 52.7 Å². The minimum atomic E-state index is 0.222. The molecule has 0 unspecified atom stereocenters. The van der Waals surface area contributed by atoms with E-state index in [2.05, 4.69) is 17.4 Å². The highest BCUT2D eigenvalue weighted by atomic mass is 16.5. The topological polar surface area (TPSA) is 58.6 Å². The fourth-order valence-corrected chi connectivity index (χ4v) is 4.48. The van der Waals surface area contributed by atoms with Gasteiger partial charge >= 0.3 is 0 Å². The van der Waals surface area contributed by atoms with Crippen LogP contribution in [0.4, 0.5) is 5.69 Å². The Morgan fingerprint density at radius 3 is 2.73 bits per heavy atom. The fraction of sp³-hybridized carbons (Fsp3) is 0.440. The number of nitrogens with one attached hydrogen (secondary N) is 1. The lowest BCUT2D eigenvalue weighted by atomic mass is 9.94. The van der Waals surface area contributed by atoms with Gasteiger partial charge in [-0.15, -0.1) is 0 Å². The number of ether oxygens (including phenoxy) is 1. The molecular formula is C25H30N2O3. The van der Waals surface area contributed by atoms with E-state index in [0.717, 1.165) is 68.7 Å². The van der Waals surface area contributed by atoms with Crippen molar-refractivity contribution in [2.24, 2.45) is 0 Å². The molecule has 0 saturated heterocycles. The van der Waals surface area contributed by atoms with Crippen LogP contribution in [0.2, 0.25) is 0 Å². The number of rotatable bonds is 10. The molecule has 1 amide bonds. The van der Waals surface area contributed by atoms with Gasteiger partial charge in [0.25, 0.3) is 0 Å². The Hall–Kier alpha value is -2.66. The number of nitrogens with zero attached hydrogens (tertiary/aromatic N) is 1. The van der Waals surface area contributed by atoms with Crippen LogP contribution in [0.15, 0.2) is 36.4 Å². The van der Waals surface area contributed by atoms with Crippen LogP contribution >= 0.6 is 0 Å². The van der Waals surface area contributed by atoms with E-state index in [1.807, 2.05) is 29.2 Å². The quantitative estimate of drug-likeness (QED) is 0.483. The molecule has 0 atom stereocenters. The zero-order valence-electron chi connectivity index (χ0n) is 17.7. The molecule has 0 radical (unpaired) electrons. The van der Waals surface area contributed by atoms with Gasteiger partial charge in [-0.3, -0.25) is 9.59 Å². The SMILES string of the molecule is COc1cccc(CCNCCCCC(=O)c2cc3c4c(c2)CCN4C(=O)CC3)c1. The number of carbonyl (C=O) groups is 2. The van der Waals surface area contributed by atoms with E-state index in [4.69, 9.17) is 4.74 Å². The molecule has 0 saturated carbocycles. The van der Waals surface area contributed by atoms with Crippen LogP contribution in [0.3, 0.4) is 0 Å². The molecule has 2 heterocycles. The summed E-state index contributed by atoms with van der Waals surface area (Å²) in [6, 6.07) is 12.2. The molecule has 0 aliphatic carbocycles. The van der Waals surface area contributed by atoms with E-state index in [0.29, 0.717) is 12.8 Å². The Balaban J connectivity index is 1.19. The zero-order valence-corrected chi connectivity index (χ0v) is 17.7. The van der Waals surface area contributed by atoms with Gasteiger partial charge in [-0.25, -0.2) is 0 Å². The average Bonchev–Trinajstić information content (AvgIpc) is 3.21. The molecule has 5 heteroatoms. The van der Waals surface area contributed by atoms with Crippen LogP contribution in [-0.2, 0) is 24.1 Å². The Kier molecular flexibility index (Phi) is 6.48. The number of hydrogen-bond donors (Lipinski definition) is 1. The lowest BCUT2D eigenvalue weighted by Gasteiger charge is -2.25. The number of carbonyl (C=O) groups excluding carboxylic acids is 2. The van der Waals surface area contributed by atoms with E-state index in [9.17, 15) is 9.59 Å². The number of methoxy groups -OCH3 is 1. The molecule has 0 aromatic heterocycles. The van der Waals surface area contributed by atoms with Crippen molar-refractivity contribution in [1.82, 2.24) is 5.32 Å². The van der Waals surface area contributed by atoms with Gasteiger partial charge in [0.15, 0.2) is 5.78 Å². The summed E-state index contributed by atoms with van der Waals surface area (Å²) < 4.78 is 5.26. The van der Waals surface area contributed by atoms with Crippen LogP contribution < -0.4 is 15.0 Å². The Labute approximate surface area is 178 Å². The van der Waals surface area contributed by atoms with E-state index >= 15 is 0 Å². The summed E-state index contributed by atoms with van der Waals surface area (Å²) >= 11 is 0. The number of aryl methyl sites for hydroxylation is 1. The minimum Gasteiger partial charge on any atom is -0.497 e. The summed E-state index contributed by atoms with van der Waals surface area (Å²) in [6.07, 6.45) is 5.62. The normalized spacial score (nSPS) is 14.7. The molecule has 2 aliphatic rings. The highest BCUT2D eigenvalue weighted by molar-refractivity contribution is 6.02. The van der Waals surface area contributed by atoms with Crippen molar-refractivity contribution >= 4 is 17.4 Å². The van der Waals surface area contributed by atoms with Gasteiger partial charge in [0.05, 0.1) is 12.8 Å². The van der Waals surface area contributed by atoms with Gasteiger partial charge in [0, 0.05) is 24.9 Å². The van der Waals surface area contributed by atoms with Gasteiger partial charge in [0.2, 0.25) is 5.91 Å². The summed E-state index contributed by atoms with van der Waals surface area (Å²) in [7, 11) is 1.69. The largest absolute Gasteiger partial charge is 0.497 e. The number of amides is 1. The molecule has 1 N–H and O–H groups in total. The van der Waals surface area contributed by atoms with Crippen molar-refractivity contribution in [1.29, 1.82) is 0 Å². The van der Waals surface area contributed by atoms with Crippen LogP contribution in [0, 0.1) is 0 Å². The number of hydrogen-bond acceptors (Lipinski definition) is 4. The van der Waals surface area contributed by atoms with Crippen LogP contribution in [0.25, 0.3) is 0 Å². The van der Waals surface area contributed by atoms with Crippen molar-refractivity contribution in [3.63, 3.8) is 0 Å². The molecule has 158 valence electrons. The van der Waals surface area contributed by atoms with Crippen molar-refractivity contribution < 1.29 is 14.3 Å². The first kappa shape index (κ1) is 20.6. The monoisotopic (exact) mass is 406 g/mol. The number of unbranched alkanes of at least 4 members (excludes halogenated alkanes) is 1. The third kappa shape index (κ3) is 4.57. The Morgan fingerprint density at radius 1 is 1.07 bits per heavy atom. The third-order valence-electron chi connectivity index (χ3n) is 6.11. The second kappa shape index (κ2) is 9.43. The first-order valence-electron chi connectivity index (χ1n) is 11.0. The maximum Gasteiger partial charge on any atom is 0.227 e. The van der Waals surface area contributed by atoms with Gasteiger partial charge in [0.1, 0.15) is 5.75 Å². The standard InChI is InChI=1S/C25H30N2O3/c1-30-22-6-4-5-18(15-22)10-13-26-12-3-2-7-23(28)21-16-19-8-9-24(29)27-14-11-20(17-21)25(19)27/h4-6,15-17,26H,2-3,7-14H2,1H3. The van der Waals surface area contributed by atoms with Gasteiger partial charge in [-0.2, -0.15) is 0 Å². The Morgan fingerprint density at radius 2 is 1.90 bits per heavy atom. The van der Waals surface area contributed by atoms with Crippen molar-refractivity contribution in [2.75, 3.05) is 31.6 Å². The molecule has 30 heavy (non-hydrogen) atoms. The maximum absolute atomic E-state index is 12.7.